The molecule has 1 atom stereocenters. The van der Waals surface area contributed by atoms with Crippen molar-refractivity contribution in [2.45, 2.75) is 18.9 Å². The van der Waals surface area contributed by atoms with Crippen molar-refractivity contribution >= 4 is 22.8 Å². The van der Waals surface area contributed by atoms with Gasteiger partial charge in [0, 0.05) is 26.0 Å². The molecular formula is C17H18N2O4. The first-order chi connectivity index (χ1) is 11.0. The summed E-state index contributed by atoms with van der Waals surface area (Å²) in [5, 5.41) is 0.685. The van der Waals surface area contributed by atoms with E-state index in [0.717, 1.165) is 6.42 Å². The van der Waals surface area contributed by atoms with Gasteiger partial charge in [0.1, 0.15) is 17.2 Å². The summed E-state index contributed by atoms with van der Waals surface area (Å²) in [5.41, 5.74) is -0.254. The molecule has 23 heavy (non-hydrogen) atoms. The van der Waals surface area contributed by atoms with Gasteiger partial charge >= 0.3 is 5.63 Å². The van der Waals surface area contributed by atoms with Crippen molar-refractivity contribution in [2.24, 2.45) is 0 Å². The van der Waals surface area contributed by atoms with Crippen LogP contribution in [0.2, 0.25) is 0 Å². The Morgan fingerprint density at radius 1 is 1.26 bits per heavy atom. The SMILES string of the molecule is CN(C)C(=O)C1CCCN1C(=O)c1cc2ccccc2oc1=O. The molecule has 1 aliphatic heterocycles. The number of para-hydroxylation sites is 1. The largest absolute Gasteiger partial charge is 0.422 e. The van der Waals surface area contributed by atoms with Crippen molar-refractivity contribution in [1.82, 2.24) is 9.80 Å². The zero-order valence-corrected chi connectivity index (χ0v) is 13.1. The number of benzene rings is 1. The van der Waals surface area contributed by atoms with Crippen molar-refractivity contribution in [2.75, 3.05) is 20.6 Å². The molecule has 6 nitrogen and oxygen atoms in total. The second-order valence-electron chi connectivity index (χ2n) is 5.87. The van der Waals surface area contributed by atoms with Crippen LogP contribution in [0.25, 0.3) is 11.0 Å². The fourth-order valence-corrected chi connectivity index (χ4v) is 2.93. The summed E-state index contributed by atoms with van der Waals surface area (Å²) in [6, 6.07) is 8.06. The van der Waals surface area contributed by atoms with E-state index in [-0.39, 0.29) is 11.5 Å². The number of rotatable bonds is 2. The number of likely N-dealkylation sites (tertiary alicyclic amines) is 1. The summed E-state index contributed by atoms with van der Waals surface area (Å²) >= 11 is 0. The van der Waals surface area contributed by atoms with Crippen LogP contribution < -0.4 is 5.63 Å². The summed E-state index contributed by atoms with van der Waals surface area (Å²) in [6.07, 6.45) is 1.36. The highest BCUT2D eigenvalue weighted by atomic mass is 16.4. The third-order valence-electron chi connectivity index (χ3n) is 4.11. The molecule has 3 rings (SSSR count). The maximum absolute atomic E-state index is 12.7. The van der Waals surface area contributed by atoms with Crippen molar-refractivity contribution in [3.63, 3.8) is 0 Å². The predicted octanol–water partition coefficient (Wildman–Crippen LogP) is 1.49. The average Bonchev–Trinajstić information content (AvgIpc) is 3.02. The molecule has 1 aromatic heterocycles. The van der Waals surface area contributed by atoms with E-state index >= 15 is 0 Å². The number of likely N-dealkylation sites (N-methyl/N-ethyl adjacent to an activating group) is 1. The second-order valence-corrected chi connectivity index (χ2v) is 5.87. The van der Waals surface area contributed by atoms with Gasteiger partial charge in [0.25, 0.3) is 5.91 Å². The highest BCUT2D eigenvalue weighted by molar-refractivity contribution is 5.99. The molecule has 6 heteroatoms. The summed E-state index contributed by atoms with van der Waals surface area (Å²) in [5.74, 6) is -0.566. The van der Waals surface area contributed by atoms with E-state index < -0.39 is 17.6 Å². The van der Waals surface area contributed by atoms with Crippen molar-refractivity contribution < 1.29 is 14.0 Å². The van der Waals surface area contributed by atoms with Crippen LogP contribution in [0.15, 0.2) is 39.5 Å². The van der Waals surface area contributed by atoms with Crippen LogP contribution in [0.4, 0.5) is 0 Å². The minimum atomic E-state index is -0.670. The molecule has 2 amide bonds. The van der Waals surface area contributed by atoms with E-state index in [1.807, 2.05) is 6.07 Å². The van der Waals surface area contributed by atoms with Crippen molar-refractivity contribution in [3.8, 4) is 0 Å². The number of hydrogen-bond acceptors (Lipinski definition) is 4. The van der Waals surface area contributed by atoms with Crippen LogP contribution in [-0.4, -0.2) is 48.3 Å². The van der Waals surface area contributed by atoms with E-state index in [9.17, 15) is 14.4 Å². The van der Waals surface area contributed by atoms with E-state index in [2.05, 4.69) is 0 Å². The van der Waals surface area contributed by atoms with Crippen LogP contribution in [0.5, 0.6) is 0 Å². The molecule has 0 saturated carbocycles. The van der Waals surface area contributed by atoms with Gasteiger partial charge in [-0.05, 0) is 25.0 Å². The van der Waals surface area contributed by atoms with E-state index in [1.165, 1.54) is 9.80 Å². The first kappa shape index (κ1) is 15.3. The number of nitrogens with zero attached hydrogens (tertiary/aromatic N) is 2. The lowest BCUT2D eigenvalue weighted by Crippen LogP contribution is -2.46. The first-order valence-corrected chi connectivity index (χ1v) is 7.54. The number of hydrogen-bond donors (Lipinski definition) is 0. The summed E-state index contributed by atoms with van der Waals surface area (Å²) in [7, 11) is 3.32. The number of carbonyl (C=O) groups excluding carboxylic acids is 2. The van der Waals surface area contributed by atoms with Gasteiger partial charge in [0.2, 0.25) is 5.91 Å². The van der Waals surface area contributed by atoms with Crippen LogP contribution in [0.1, 0.15) is 23.2 Å². The van der Waals surface area contributed by atoms with Gasteiger partial charge in [-0.15, -0.1) is 0 Å². The Labute approximate surface area is 133 Å². The highest BCUT2D eigenvalue weighted by Gasteiger charge is 2.36. The second kappa shape index (κ2) is 5.87. The van der Waals surface area contributed by atoms with Crippen LogP contribution >= 0.6 is 0 Å². The maximum atomic E-state index is 12.7. The highest BCUT2D eigenvalue weighted by Crippen LogP contribution is 2.22. The normalized spacial score (nSPS) is 17.5. The molecule has 1 fully saturated rings. The van der Waals surface area contributed by atoms with Gasteiger partial charge in [0.15, 0.2) is 0 Å². The monoisotopic (exact) mass is 314 g/mol. The lowest BCUT2D eigenvalue weighted by atomic mass is 10.1. The zero-order chi connectivity index (χ0) is 16.6. The Morgan fingerprint density at radius 3 is 2.74 bits per heavy atom. The molecule has 2 heterocycles. The van der Waals surface area contributed by atoms with Gasteiger partial charge in [-0.25, -0.2) is 4.79 Å². The lowest BCUT2D eigenvalue weighted by Gasteiger charge is -2.25. The van der Waals surface area contributed by atoms with E-state index in [1.54, 1.807) is 38.4 Å². The molecular weight excluding hydrogens is 296 g/mol. The maximum Gasteiger partial charge on any atom is 0.349 e. The lowest BCUT2D eigenvalue weighted by molar-refractivity contribution is -0.132. The zero-order valence-electron chi connectivity index (χ0n) is 13.1. The topological polar surface area (TPSA) is 70.8 Å². The van der Waals surface area contributed by atoms with Crippen LogP contribution in [0.3, 0.4) is 0 Å². The Balaban J connectivity index is 1.98. The molecule has 1 saturated heterocycles. The van der Waals surface area contributed by atoms with E-state index in [4.69, 9.17) is 4.42 Å². The fourth-order valence-electron chi connectivity index (χ4n) is 2.93. The van der Waals surface area contributed by atoms with Crippen molar-refractivity contribution in [3.05, 3.63) is 46.3 Å². The van der Waals surface area contributed by atoms with Gasteiger partial charge < -0.3 is 14.2 Å². The van der Waals surface area contributed by atoms with E-state index in [0.29, 0.717) is 23.9 Å². The molecule has 0 spiro atoms. The number of carbonyl (C=O) groups is 2. The van der Waals surface area contributed by atoms with Gasteiger partial charge in [-0.1, -0.05) is 18.2 Å². The average molecular weight is 314 g/mol. The Morgan fingerprint density at radius 2 is 2.00 bits per heavy atom. The third-order valence-corrected chi connectivity index (χ3v) is 4.11. The molecule has 0 aliphatic carbocycles. The number of amides is 2. The van der Waals surface area contributed by atoms with Crippen molar-refractivity contribution in [1.29, 1.82) is 0 Å². The standard InChI is InChI=1S/C17H18N2O4/c1-18(2)16(21)13-7-5-9-19(13)15(20)12-10-11-6-3-4-8-14(11)23-17(12)22/h3-4,6,8,10,13H,5,7,9H2,1-2H3. The third kappa shape index (κ3) is 2.72. The van der Waals surface area contributed by atoms with Gasteiger partial charge in [-0.3, -0.25) is 9.59 Å². The van der Waals surface area contributed by atoms with Gasteiger partial charge in [-0.2, -0.15) is 0 Å². The quantitative estimate of drug-likeness (QED) is 0.787. The molecule has 2 aromatic rings. The minimum Gasteiger partial charge on any atom is -0.422 e. The van der Waals surface area contributed by atoms with Gasteiger partial charge in [0.05, 0.1) is 0 Å². The molecule has 0 radical (unpaired) electrons. The molecule has 1 unspecified atom stereocenters. The minimum absolute atomic E-state index is 0.0258. The fraction of sp³-hybridized carbons (Fsp3) is 0.353. The molecule has 0 bridgehead atoms. The van der Waals surface area contributed by atoms with Crippen LogP contribution in [0, 0.1) is 0 Å². The molecule has 0 N–H and O–H groups in total. The van der Waals surface area contributed by atoms with Crippen LogP contribution in [-0.2, 0) is 4.79 Å². The Kier molecular flexibility index (Phi) is 3.90. The Hall–Kier alpha value is -2.63. The summed E-state index contributed by atoms with van der Waals surface area (Å²) in [4.78, 5) is 40.0. The first-order valence-electron chi connectivity index (χ1n) is 7.54. The molecule has 120 valence electrons. The summed E-state index contributed by atoms with van der Waals surface area (Å²) < 4.78 is 5.22. The Bertz CT molecular complexity index is 825. The molecule has 1 aliphatic rings. The molecule has 1 aromatic carbocycles. The smallest absolute Gasteiger partial charge is 0.349 e. The predicted molar refractivity (Wildman–Crippen MR) is 85.2 cm³/mol. The summed E-state index contributed by atoms with van der Waals surface area (Å²) in [6.45, 7) is 0.468. The number of fused-ring (bicyclic) bond motifs is 1.